The number of allylic oxidation sites excluding steroid dienone is 7. The smallest absolute Gasteiger partial charge is 0.271 e. The van der Waals surface area contributed by atoms with E-state index in [4.69, 9.17) is 0 Å². The van der Waals surface area contributed by atoms with E-state index >= 15 is 0 Å². The minimum Gasteiger partial charge on any atom is -0.343 e. The molecule has 51 heavy (non-hydrogen) atoms. The van der Waals surface area contributed by atoms with E-state index in [1.807, 2.05) is 64.1 Å². The van der Waals surface area contributed by atoms with Crippen molar-refractivity contribution >= 4 is 49.1 Å². The number of benzene rings is 3. The van der Waals surface area contributed by atoms with Crippen molar-refractivity contribution in [2.24, 2.45) is 0 Å². The highest BCUT2D eigenvalue weighted by Crippen LogP contribution is 2.48. The van der Waals surface area contributed by atoms with Crippen molar-refractivity contribution in [1.82, 2.24) is 0 Å². The fourth-order valence-corrected chi connectivity index (χ4v) is 9.45. The van der Waals surface area contributed by atoms with Gasteiger partial charge in [-0.3, -0.25) is 9.11 Å². The molecule has 2 heterocycles. The van der Waals surface area contributed by atoms with E-state index < -0.39 is 31.1 Å². The molecule has 8 nitrogen and oxygen atoms in total. The van der Waals surface area contributed by atoms with Crippen molar-refractivity contribution < 1.29 is 30.5 Å². The normalized spacial score (nSPS) is 20.2. The molecule has 0 atom stereocenters. The summed E-state index contributed by atoms with van der Waals surface area (Å²) in [6, 6.07) is 26.3. The van der Waals surface area contributed by atoms with E-state index in [1.54, 1.807) is 11.8 Å². The van der Waals surface area contributed by atoms with E-state index in [-0.39, 0.29) is 24.6 Å². The maximum atomic E-state index is 11.8. The molecule has 0 aromatic heterocycles. The van der Waals surface area contributed by atoms with Gasteiger partial charge in [0.25, 0.3) is 20.2 Å². The molecule has 0 spiro atoms. The predicted octanol–water partition coefficient (Wildman–Crippen LogP) is 8.23. The number of thioether (sulfide) groups is 1. The van der Waals surface area contributed by atoms with E-state index in [0.717, 1.165) is 63.0 Å². The van der Waals surface area contributed by atoms with Crippen molar-refractivity contribution in [2.75, 3.05) is 29.5 Å². The molecule has 3 aromatic carbocycles. The van der Waals surface area contributed by atoms with Crippen LogP contribution in [0.4, 0.5) is 11.4 Å². The number of anilines is 1. The van der Waals surface area contributed by atoms with Gasteiger partial charge in [0, 0.05) is 50.9 Å². The van der Waals surface area contributed by atoms with Crippen LogP contribution in [0.2, 0.25) is 0 Å². The standard InChI is InChI=1S/C40H44N2O6S3/c1-39(2)32-17-8-10-19-34(32)41(25-27-50(43,44)45)36(39)23-21-29-13-12-14-30(38(29)49-31-15-6-5-7-16-31)22-24-37-40(3,4)33-18-9-11-20-35(33)42(37)26-28-51(46,47)48/h5-11,15-24H,12-14,25-28H2,1-4H3,(H-,43,44,45,46,47,48)/p+1. The molecule has 0 radical (unpaired) electrons. The molecule has 0 fully saturated rings. The summed E-state index contributed by atoms with van der Waals surface area (Å²) in [7, 11) is -8.33. The van der Waals surface area contributed by atoms with Crippen molar-refractivity contribution in [1.29, 1.82) is 0 Å². The third-order valence-electron chi connectivity index (χ3n) is 10.1. The Hall–Kier alpha value is -3.74. The lowest BCUT2D eigenvalue weighted by molar-refractivity contribution is -0.432. The highest BCUT2D eigenvalue weighted by Gasteiger charge is 2.44. The number of hydrogen-bond acceptors (Lipinski definition) is 6. The maximum Gasteiger partial charge on any atom is 0.271 e. The van der Waals surface area contributed by atoms with Gasteiger partial charge < -0.3 is 4.90 Å². The number of rotatable bonds is 11. The van der Waals surface area contributed by atoms with Crippen LogP contribution in [-0.4, -0.2) is 60.8 Å². The summed E-state index contributed by atoms with van der Waals surface area (Å²) in [6.07, 6.45) is 11.2. The van der Waals surface area contributed by atoms with Gasteiger partial charge in [-0.2, -0.15) is 21.4 Å². The first-order chi connectivity index (χ1) is 24.1. The predicted molar refractivity (Wildman–Crippen MR) is 207 cm³/mol. The lowest BCUT2D eigenvalue weighted by Crippen LogP contribution is -2.30. The van der Waals surface area contributed by atoms with Crippen molar-refractivity contribution in [3.8, 4) is 0 Å². The Labute approximate surface area is 306 Å². The molecule has 0 unspecified atom stereocenters. The monoisotopic (exact) mass is 745 g/mol. The molecule has 11 heteroatoms. The van der Waals surface area contributed by atoms with Gasteiger partial charge in [0.2, 0.25) is 5.69 Å². The Morgan fingerprint density at radius 1 is 0.765 bits per heavy atom. The molecular weight excluding hydrogens is 701 g/mol. The lowest BCUT2D eigenvalue weighted by atomic mass is 9.81. The number of hydrogen-bond donors (Lipinski definition) is 2. The first kappa shape index (κ1) is 37.0. The number of para-hydroxylation sites is 2. The van der Waals surface area contributed by atoms with Crippen LogP contribution in [0.3, 0.4) is 0 Å². The first-order valence-electron chi connectivity index (χ1n) is 17.1. The van der Waals surface area contributed by atoms with E-state index in [2.05, 4.69) is 76.3 Å². The summed E-state index contributed by atoms with van der Waals surface area (Å²) in [5, 5.41) is 0. The molecule has 2 N–H and O–H groups in total. The molecule has 0 bridgehead atoms. The molecule has 0 saturated carbocycles. The fourth-order valence-electron chi connectivity index (χ4n) is 7.49. The fraction of sp³-hybridized carbons (Fsp3) is 0.325. The summed E-state index contributed by atoms with van der Waals surface area (Å²) < 4.78 is 68.6. The second kappa shape index (κ2) is 14.4. The van der Waals surface area contributed by atoms with E-state index in [1.165, 1.54) is 11.1 Å². The quantitative estimate of drug-likeness (QED) is 0.149. The van der Waals surface area contributed by atoms with Crippen molar-refractivity contribution in [3.05, 3.63) is 136 Å². The van der Waals surface area contributed by atoms with Gasteiger partial charge in [0.15, 0.2) is 12.3 Å². The molecule has 0 saturated heterocycles. The van der Waals surface area contributed by atoms with Crippen LogP contribution in [0.5, 0.6) is 0 Å². The average molecular weight is 746 g/mol. The third-order valence-corrected chi connectivity index (χ3v) is 12.7. The molecule has 2 aliphatic heterocycles. The van der Waals surface area contributed by atoms with Gasteiger partial charge in [0.1, 0.15) is 5.75 Å². The lowest BCUT2D eigenvalue weighted by Gasteiger charge is -2.27. The topological polar surface area (TPSA) is 115 Å². The summed E-state index contributed by atoms with van der Waals surface area (Å²) in [5.41, 5.74) is 7.55. The largest absolute Gasteiger partial charge is 0.343 e. The summed E-state index contributed by atoms with van der Waals surface area (Å²) in [4.78, 5) is 4.27. The van der Waals surface area contributed by atoms with Gasteiger partial charge in [0.05, 0.1) is 11.2 Å². The molecule has 3 aliphatic rings. The zero-order valence-corrected chi connectivity index (χ0v) is 31.9. The van der Waals surface area contributed by atoms with Crippen LogP contribution in [0.1, 0.15) is 58.1 Å². The third kappa shape index (κ3) is 8.03. The summed E-state index contributed by atoms with van der Waals surface area (Å²) in [5.74, 6) is -0.759. The van der Waals surface area contributed by atoms with Crippen molar-refractivity contribution in [3.63, 3.8) is 0 Å². The van der Waals surface area contributed by atoms with Gasteiger partial charge in [-0.05, 0) is 74.1 Å². The SMILES string of the molecule is CC1(C)C(/C=C/C2=C(Sc3ccccc3)C(=C/C=C3/N(CCS(=O)(=O)O)c4ccccc4C3(C)C)/CCC2)=[N+](CCS(=O)(=O)O)c2ccccc21. The Morgan fingerprint density at radius 2 is 1.41 bits per heavy atom. The van der Waals surface area contributed by atoms with Gasteiger partial charge in [-0.1, -0.05) is 92.4 Å². The summed E-state index contributed by atoms with van der Waals surface area (Å²) in [6.45, 7) is 8.82. The Morgan fingerprint density at radius 3 is 2.12 bits per heavy atom. The zero-order valence-electron chi connectivity index (χ0n) is 29.4. The maximum absolute atomic E-state index is 11.8. The second-order valence-electron chi connectivity index (χ2n) is 14.2. The van der Waals surface area contributed by atoms with E-state index in [9.17, 15) is 25.9 Å². The van der Waals surface area contributed by atoms with Gasteiger partial charge >= 0.3 is 0 Å². The van der Waals surface area contributed by atoms with Crippen LogP contribution in [0.15, 0.2) is 130 Å². The Bertz CT molecular complexity index is 2210. The average Bonchev–Trinajstić information content (AvgIpc) is 3.43. The van der Waals surface area contributed by atoms with Gasteiger partial charge in [-0.15, -0.1) is 0 Å². The van der Waals surface area contributed by atoms with Crippen LogP contribution in [0, 0.1) is 0 Å². The molecule has 6 rings (SSSR count). The second-order valence-corrected chi connectivity index (χ2v) is 18.5. The van der Waals surface area contributed by atoms with Crippen LogP contribution in [-0.2, 0) is 31.1 Å². The van der Waals surface area contributed by atoms with E-state index in [0.29, 0.717) is 0 Å². The summed E-state index contributed by atoms with van der Waals surface area (Å²) >= 11 is 1.72. The minimum atomic E-state index is -4.17. The Balaban J connectivity index is 1.45. The first-order valence-corrected chi connectivity index (χ1v) is 21.2. The van der Waals surface area contributed by atoms with Crippen LogP contribution in [0.25, 0.3) is 0 Å². The van der Waals surface area contributed by atoms with Crippen molar-refractivity contribution in [2.45, 2.75) is 62.7 Å². The van der Waals surface area contributed by atoms with Crippen LogP contribution < -0.4 is 4.90 Å². The highest BCUT2D eigenvalue weighted by atomic mass is 32.2. The number of fused-ring (bicyclic) bond motifs is 2. The molecule has 0 amide bonds. The Kier molecular flexibility index (Phi) is 10.4. The minimum absolute atomic E-state index is 0.134. The highest BCUT2D eigenvalue weighted by molar-refractivity contribution is 8.03. The zero-order chi connectivity index (χ0) is 36.6. The molecule has 1 aliphatic carbocycles. The molecular formula is C40H45N2O6S3+. The molecule has 3 aromatic rings. The van der Waals surface area contributed by atoms with Gasteiger partial charge in [-0.25, -0.2) is 0 Å². The number of nitrogens with zero attached hydrogens (tertiary/aromatic N) is 2. The molecule has 268 valence electrons. The van der Waals surface area contributed by atoms with Crippen LogP contribution >= 0.6 is 11.8 Å².